The molecule has 1 saturated heterocycles. The van der Waals surface area contributed by atoms with Crippen LogP contribution in [-0.4, -0.2) is 47.8 Å². The number of hydroxylamine groups is 1. The number of carbonyl (C=O) groups excluding carboxylic acids is 2. The largest absolute Gasteiger partial charge is 0.383 e. The number of carbonyl (C=O) groups is 2. The van der Waals surface area contributed by atoms with Gasteiger partial charge in [-0.15, -0.1) is 11.3 Å². The molecular weight excluding hydrogens is 556 g/mol. The maximum absolute atomic E-state index is 11.6. The average Bonchev–Trinajstić information content (AvgIpc) is 3.86. The maximum atomic E-state index is 11.6. The minimum Gasteiger partial charge on any atom is -0.383 e. The van der Waals surface area contributed by atoms with Crippen molar-refractivity contribution in [2.24, 2.45) is 11.3 Å². The standard InChI is InChI=1S/C17H15N3O3S.C14H23N.C4H8/c1-11(21)13-5-3-2-4-12(13)10-19-23-16-14(20-17(16)22)6-7-15-18-8-9-24-15;1-6-7-12(2)13(8-11-15(4)5)14(3)9-10-14;1-4-2-3-4/h2-5,8-9,14,16,19H,10H2,1H3,(H,20,22);6-8,11H,9-10H2,1-5H3;4H,2-3H2,1H3/b;7-6-,11-8-,13-12-;. The lowest BCUT2D eigenvalue weighted by molar-refractivity contribution is -0.153. The number of allylic oxidation sites excluding steroid dienone is 5. The lowest BCUT2D eigenvalue weighted by Gasteiger charge is -2.32. The fourth-order valence-corrected chi connectivity index (χ4v) is 4.74. The molecule has 0 bridgehead atoms. The molecule has 2 N–H and O–H groups in total. The van der Waals surface area contributed by atoms with E-state index in [9.17, 15) is 9.59 Å². The zero-order chi connectivity index (χ0) is 31.4. The molecular formula is C35H46N4O3S. The van der Waals surface area contributed by atoms with Crippen LogP contribution in [0.1, 0.15) is 81.2 Å². The van der Waals surface area contributed by atoms with Crippen LogP contribution in [0, 0.1) is 23.2 Å². The first-order chi connectivity index (χ1) is 20.5. The van der Waals surface area contributed by atoms with Gasteiger partial charge in [-0.25, -0.2) is 4.98 Å². The Morgan fingerprint density at radius 1 is 1.23 bits per heavy atom. The van der Waals surface area contributed by atoms with Gasteiger partial charge in [0.1, 0.15) is 6.04 Å². The summed E-state index contributed by atoms with van der Waals surface area (Å²) in [5.41, 5.74) is 7.54. The van der Waals surface area contributed by atoms with Crippen LogP contribution >= 0.6 is 11.3 Å². The van der Waals surface area contributed by atoms with Gasteiger partial charge in [-0.2, -0.15) is 5.48 Å². The van der Waals surface area contributed by atoms with Gasteiger partial charge in [0, 0.05) is 37.8 Å². The summed E-state index contributed by atoms with van der Waals surface area (Å²) in [7, 11) is 4.13. The van der Waals surface area contributed by atoms with E-state index in [1.807, 2.05) is 23.6 Å². The zero-order valence-corrected chi connectivity index (χ0v) is 27.4. The van der Waals surface area contributed by atoms with Crippen molar-refractivity contribution in [2.75, 3.05) is 14.1 Å². The summed E-state index contributed by atoms with van der Waals surface area (Å²) < 4.78 is 0. The van der Waals surface area contributed by atoms with E-state index in [-0.39, 0.29) is 17.7 Å². The van der Waals surface area contributed by atoms with Gasteiger partial charge < -0.3 is 10.2 Å². The molecule has 2 heterocycles. The number of aromatic nitrogens is 1. The zero-order valence-electron chi connectivity index (χ0n) is 26.6. The summed E-state index contributed by atoms with van der Waals surface area (Å²) >= 11 is 1.44. The fraction of sp³-hybridized carbons (Fsp3) is 0.457. The van der Waals surface area contributed by atoms with Crippen molar-refractivity contribution in [3.63, 3.8) is 0 Å². The highest BCUT2D eigenvalue weighted by Crippen LogP contribution is 2.52. The lowest BCUT2D eigenvalue weighted by Crippen LogP contribution is -2.63. The Kier molecular flexibility index (Phi) is 12.9. The fourth-order valence-electron chi connectivity index (χ4n) is 4.25. The first kappa shape index (κ1) is 34.0. The Morgan fingerprint density at radius 3 is 2.47 bits per heavy atom. The predicted octanol–water partition coefficient (Wildman–Crippen LogP) is 6.46. The van der Waals surface area contributed by atoms with E-state index in [0.29, 0.717) is 22.5 Å². The second-order valence-corrected chi connectivity index (χ2v) is 12.7. The Bertz CT molecular complexity index is 1370. The number of β-lactam (4-membered cyclic amide) rings is 1. The molecule has 0 spiro atoms. The molecule has 230 valence electrons. The minimum atomic E-state index is -0.679. The Balaban J connectivity index is 0.000000226. The van der Waals surface area contributed by atoms with Gasteiger partial charge in [0.15, 0.2) is 16.9 Å². The van der Waals surface area contributed by atoms with E-state index in [2.05, 4.69) is 98.7 Å². The molecule has 1 aromatic heterocycles. The number of ketones is 1. The Labute approximate surface area is 261 Å². The Morgan fingerprint density at radius 2 is 1.93 bits per heavy atom. The first-order valence-electron chi connectivity index (χ1n) is 14.9. The van der Waals surface area contributed by atoms with Crippen molar-refractivity contribution in [3.8, 4) is 11.8 Å². The van der Waals surface area contributed by atoms with Gasteiger partial charge in [0.25, 0.3) is 5.91 Å². The van der Waals surface area contributed by atoms with Crippen molar-refractivity contribution >= 4 is 23.0 Å². The van der Waals surface area contributed by atoms with Crippen LogP contribution in [0.4, 0.5) is 0 Å². The molecule has 0 radical (unpaired) electrons. The maximum Gasteiger partial charge on any atom is 0.255 e. The third-order valence-corrected chi connectivity index (χ3v) is 8.08. The van der Waals surface area contributed by atoms with Gasteiger partial charge in [-0.05, 0) is 79.9 Å². The number of nitrogens with zero attached hydrogens (tertiary/aromatic N) is 2. The first-order valence-corrected chi connectivity index (χ1v) is 15.8. The predicted molar refractivity (Wildman–Crippen MR) is 175 cm³/mol. The molecule has 1 aliphatic heterocycles. The van der Waals surface area contributed by atoms with Crippen LogP contribution < -0.4 is 10.8 Å². The van der Waals surface area contributed by atoms with Crippen molar-refractivity contribution in [1.29, 1.82) is 0 Å². The normalized spacial score (nSPS) is 20.3. The van der Waals surface area contributed by atoms with Crippen LogP contribution in [0.25, 0.3) is 0 Å². The number of Topliss-reactive ketones (excluding diaryl/α,β-unsaturated/α-hetero) is 1. The number of amides is 1. The highest BCUT2D eigenvalue weighted by Gasteiger charge is 2.41. The number of thiazole rings is 1. The SMILES string of the molecule is CC(=O)c1ccccc1CNOC1C(=O)NC1C#Cc1nccs1.CC1CC1.C\C=C/C(C)=C(/C=C\N(C)C)C1(C)CC1. The summed E-state index contributed by atoms with van der Waals surface area (Å²) in [6, 6.07) is 6.88. The average molecular weight is 603 g/mol. The Hall–Kier alpha value is -3.51. The van der Waals surface area contributed by atoms with Gasteiger partial charge in [0.2, 0.25) is 0 Å². The minimum absolute atomic E-state index is 0.0130. The van der Waals surface area contributed by atoms with E-state index in [1.165, 1.54) is 55.1 Å². The van der Waals surface area contributed by atoms with E-state index < -0.39 is 6.10 Å². The van der Waals surface area contributed by atoms with Crippen LogP contribution in [0.2, 0.25) is 0 Å². The van der Waals surface area contributed by atoms with Crippen molar-refractivity contribution in [2.45, 2.75) is 79.0 Å². The van der Waals surface area contributed by atoms with E-state index in [1.54, 1.807) is 12.3 Å². The lowest BCUT2D eigenvalue weighted by atomic mass is 9.93. The van der Waals surface area contributed by atoms with Gasteiger partial charge in [-0.3, -0.25) is 14.4 Å². The highest BCUT2D eigenvalue weighted by molar-refractivity contribution is 7.10. The molecule has 1 amide bonds. The number of hydrogen-bond donors (Lipinski definition) is 2. The smallest absolute Gasteiger partial charge is 0.255 e. The number of benzene rings is 1. The molecule has 7 nitrogen and oxygen atoms in total. The molecule has 2 saturated carbocycles. The summed E-state index contributed by atoms with van der Waals surface area (Å²) in [5.74, 6) is 6.68. The molecule has 43 heavy (non-hydrogen) atoms. The molecule has 2 aromatic rings. The second kappa shape index (κ2) is 16.4. The van der Waals surface area contributed by atoms with E-state index in [0.717, 1.165) is 11.5 Å². The third-order valence-electron chi connectivity index (χ3n) is 7.39. The quantitative estimate of drug-likeness (QED) is 0.113. The third kappa shape index (κ3) is 11.3. The number of hydrogen-bond acceptors (Lipinski definition) is 7. The van der Waals surface area contributed by atoms with Crippen LogP contribution in [0.5, 0.6) is 0 Å². The summed E-state index contributed by atoms with van der Waals surface area (Å²) in [5, 5.41) is 5.21. The molecule has 3 aliphatic rings. The molecule has 2 atom stereocenters. The molecule has 1 aromatic carbocycles. The number of nitrogens with one attached hydrogen (secondary N) is 2. The van der Waals surface area contributed by atoms with Gasteiger partial charge in [0.05, 0.1) is 0 Å². The van der Waals surface area contributed by atoms with Crippen molar-refractivity contribution in [3.05, 3.63) is 87.6 Å². The summed E-state index contributed by atoms with van der Waals surface area (Å²) in [6.45, 7) is 10.8. The van der Waals surface area contributed by atoms with Crippen molar-refractivity contribution in [1.82, 2.24) is 20.7 Å². The van der Waals surface area contributed by atoms with Gasteiger partial charge in [-0.1, -0.05) is 69.0 Å². The van der Waals surface area contributed by atoms with E-state index >= 15 is 0 Å². The second-order valence-electron chi connectivity index (χ2n) is 11.8. The van der Waals surface area contributed by atoms with Crippen LogP contribution in [0.3, 0.4) is 0 Å². The van der Waals surface area contributed by atoms with Crippen LogP contribution in [-0.2, 0) is 16.2 Å². The topological polar surface area (TPSA) is 83.6 Å². The summed E-state index contributed by atoms with van der Waals surface area (Å²) in [4.78, 5) is 34.8. The van der Waals surface area contributed by atoms with E-state index in [4.69, 9.17) is 4.84 Å². The van der Waals surface area contributed by atoms with Gasteiger partial charge >= 0.3 is 0 Å². The molecule has 2 unspecified atom stereocenters. The molecule has 5 rings (SSSR count). The van der Waals surface area contributed by atoms with Crippen molar-refractivity contribution < 1.29 is 14.4 Å². The molecule has 8 heteroatoms. The molecule has 3 fully saturated rings. The molecule has 2 aliphatic carbocycles. The van der Waals surface area contributed by atoms with Crippen LogP contribution in [0.15, 0.2) is 71.4 Å². The highest BCUT2D eigenvalue weighted by atomic mass is 32.1. The summed E-state index contributed by atoms with van der Waals surface area (Å²) in [6.07, 6.45) is 15.4. The number of rotatable bonds is 9. The monoisotopic (exact) mass is 602 g/mol.